The van der Waals surface area contributed by atoms with E-state index < -0.39 is 5.97 Å². The number of nitrogens with zero attached hydrogens (tertiary/aromatic N) is 4. The quantitative estimate of drug-likeness (QED) is 0.850. The van der Waals surface area contributed by atoms with Gasteiger partial charge < -0.3 is 15.1 Å². The number of carbonyl (C=O) groups is 1. The van der Waals surface area contributed by atoms with E-state index in [0.717, 1.165) is 32.7 Å². The van der Waals surface area contributed by atoms with E-state index in [-0.39, 0.29) is 17.9 Å². The van der Waals surface area contributed by atoms with Gasteiger partial charge in [0, 0.05) is 44.5 Å². The van der Waals surface area contributed by atoms with Crippen LogP contribution in [0.5, 0.6) is 5.88 Å². The van der Waals surface area contributed by atoms with E-state index >= 15 is 0 Å². The molecule has 7 nitrogen and oxygen atoms in total. The molecular formula is C17H20N4O3. The molecule has 7 heteroatoms. The van der Waals surface area contributed by atoms with Gasteiger partial charge in [0.25, 0.3) is 0 Å². The van der Waals surface area contributed by atoms with Crippen molar-refractivity contribution in [2.24, 2.45) is 0 Å². The summed E-state index contributed by atoms with van der Waals surface area (Å²) in [7, 11) is 0. The maximum absolute atomic E-state index is 10.7. The first kappa shape index (κ1) is 16.2. The van der Waals surface area contributed by atoms with E-state index in [2.05, 4.69) is 27.0 Å². The highest BCUT2D eigenvalue weighted by atomic mass is 16.4. The van der Waals surface area contributed by atoms with Gasteiger partial charge in [0.2, 0.25) is 11.8 Å². The fraction of sp³-hybridized carbons (Fsp3) is 0.353. The molecule has 1 aromatic heterocycles. The molecule has 0 bridgehead atoms. The van der Waals surface area contributed by atoms with Crippen LogP contribution in [0, 0.1) is 0 Å². The Bertz CT molecular complexity index is 700. The van der Waals surface area contributed by atoms with Gasteiger partial charge in [-0.25, -0.2) is 4.98 Å². The smallest absolute Gasteiger partial charge is 0.308 e. The molecule has 24 heavy (non-hydrogen) atoms. The lowest BCUT2D eigenvalue weighted by atomic mass is 10.2. The third-order valence-corrected chi connectivity index (χ3v) is 4.07. The first-order valence-electron chi connectivity index (χ1n) is 7.90. The first-order chi connectivity index (χ1) is 11.6. The highest BCUT2D eigenvalue weighted by Gasteiger charge is 2.20. The number of carboxylic acids is 1. The molecule has 0 spiro atoms. The summed E-state index contributed by atoms with van der Waals surface area (Å²) in [6, 6.07) is 10.3. The summed E-state index contributed by atoms with van der Waals surface area (Å²) in [6.07, 6.45) is 1.11. The van der Waals surface area contributed by atoms with E-state index in [1.165, 1.54) is 11.8 Å². The Morgan fingerprint density at radius 1 is 1.12 bits per heavy atom. The van der Waals surface area contributed by atoms with Crippen molar-refractivity contribution in [1.82, 2.24) is 14.9 Å². The van der Waals surface area contributed by atoms with Crippen LogP contribution in [-0.2, 0) is 17.8 Å². The van der Waals surface area contributed by atoms with Gasteiger partial charge in [0.05, 0.1) is 6.42 Å². The molecule has 1 aromatic carbocycles. The van der Waals surface area contributed by atoms with Crippen LogP contribution in [0.1, 0.15) is 11.1 Å². The molecule has 2 N–H and O–H groups in total. The van der Waals surface area contributed by atoms with Gasteiger partial charge in [0.1, 0.15) is 0 Å². The number of aromatic nitrogens is 2. The predicted molar refractivity (Wildman–Crippen MR) is 89.0 cm³/mol. The Labute approximate surface area is 140 Å². The SMILES string of the molecule is O=C(O)Cc1cnc(N2CCN(Cc3ccccc3)CC2)nc1O. The summed E-state index contributed by atoms with van der Waals surface area (Å²) >= 11 is 0. The normalized spacial score (nSPS) is 15.4. The Morgan fingerprint density at radius 2 is 1.83 bits per heavy atom. The largest absolute Gasteiger partial charge is 0.493 e. The minimum Gasteiger partial charge on any atom is -0.493 e. The third-order valence-electron chi connectivity index (χ3n) is 4.07. The molecule has 0 saturated carbocycles. The average molecular weight is 328 g/mol. The molecule has 0 aliphatic carbocycles. The molecule has 0 atom stereocenters. The van der Waals surface area contributed by atoms with Crippen LogP contribution in [0.2, 0.25) is 0 Å². The van der Waals surface area contributed by atoms with Gasteiger partial charge in [-0.2, -0.15) is 4.98 Å². The molecule has 1 aliphatic heterocycles. The second kappa shape index (κ2) is 7.27. The summed E-state index contributed by atoms with van der Waals surface area (Å²) in [6.45, 7) is 4.22. The van der Waals surface area contributed by atoms with Crippen molar-refractivity contribution in [2.45, 2.75) is 13.0 Å². The van der Waals surface area contributed by atoms with Crippen LogP contribution in [0.15, 0.2) is 36.5 Å². The minimum absolute atomic E-state index is 0.231. The molecule has 0 unspecified atom stereocenters. The fourth-order valence-electron chi connectivity index (χ4n) is 2.78. The Balaban J connectivity index is 1.58. The van der Waals surface area contributed by atoms with Gasteiger partial charge in [-0.05, 0) is 5.56 Å². The summed E-state index contributed by atoms with van der Waals surface area (Å²) in [4.78, 5) is 23.3. The Hall–Kier alpha value is -2.67. The number of hydrogen-bond donors (Lipinski definition) is 2. The maximum Gasteiger partial charge on any atom is 0.308 e. The second-order valence-electron chi connectivity index (χ2n) is 5.84. The van der Waals surface area contributed by atoms with Crippen molar-refractivity contribution in [3.05, 3.63) is 47.7 Å². The number of aliphatic carboxylic acids is 1. The second-order valence-corrected chi connectivity index (χ2v) is 5.84. The number of benzene rings is 1. The molecule has 0 radical (unpaired) electrons. The van der Waals surface area contributed by atoms with E-state index in [1.54, 1.807) is 0 Å². The predicted octanol–water partition coefficient (Wildman–Crippen LogP) is 1.13. The van der Waals surface area contributed by atoms with Crippen molar-refractivity contribution in [3.8, 4) is 5.88 Å². The Kier molecular flexibility index (Phi) is 4.90. The van der Waals surface area contributed by atoms with Gasteiger partial charge in [0.15, 0.2) is 0 Å². The first-order valence-corrected chi connectivity index (χ1v) is 7.90. The molecule has 1 fully saturated rings. The monoisotopic (exact) mass is 328 g/mol. The number of piperazine rings is 1. The number of anilines is 1. The number of carboxylic acid groups (broad SMARTS) is 1. The number of hydrogen-bond acceptors (Lipinski definition) is 6. The van der Waals surface area contributed by atoms with Crippen molar-refractivity contribution in [1.29, 1.82) is 0 Å². The molecule has 3 rings (SSSR count). The highest BCUT2D eigenvalue weighted by Crippen LogP contribution is 2.19. The van der Waals surface area contributed by atoms with Gasteiger partial charge in [-0.15, -0.1) is 0 Å². The number of rotatable bonds is 5. The highest BCUT2D eigenvalue weighted by molar-refractivity contribution is 5.70. The van der Waals surface area contributed by atoms with E-state index in [0.29, 0.717) is 5.95 Å². The molecule has 2 aromatic rings. The minimum atomic E-state index is -1.02. The zero-order valence-corrected chi connectivity index (χ0v) is 13.3. The van der Waals surface area contributed by atoms with Crippen LogP contribution in [0.4, 0.5) is 5.95 Å². The third kappa shape index (κ3) is 3.99. The van der Waals surface area contributed by atoms with E-state index in [4.69, 9.17) is 5.11 Å². The topological polar surface area (TPSA) is 89.8 Å². The summed E-state index contributed by atoms with van der Waals surface area (Å²) in [5.41, 5.74) is 1.52. The molecule has 2 heterocycles. The van der Waals surface area contributed by atoms with Gasteiger partial charge in [-0.3, -0.25) is 9.69 Å². The van der Waals surface area contributed by atoms with Crippen LogP contribution < -0.4 is 4.90 Å². The van der Waals surface area contributed by atoms with Crippen LogP contribution in [0.25, 0.3) is 0 Å². The molecular weight excluding hydrogens is 308 g/mol. The molecule has 1 aliphatic rings. The van der Waals surface area contributed by atoms with Gasteiger partial charge >= 0.3 is 5.97 Å². The lowest BCUT2D eigenvalue weighted by Crippen LogP contribution is -2.46. The lowest BCUT2D eigenvalue weighted by molar-refractivity contribution is -0.136. The zero-order valence-electron chi connectivity index (χ0n) is 13.3. The van der Waals surface area contributed by atoms with Gasteiger partial charge in [-0.1, -0.05) is 30.3 Å². The van der Waals surface area contributed by atoms with Crippen molar-refractivity contribution in [3.63, 3.8) is 0 Å². The Morgan fingerprint density at radius 3 is 2.46 bits per heavy atom. The summed E-state index contributed by atoms with van der Waals surface area (Å²) in [5.74, 6) is -0.828. The average Bonchev–Trinajstić information content (AvgIpc) is 2.58. The number of aromatic hydroxyl groups is 1. The summed E-state index contributed by atoms with van der Waals surface area (Å²) in [5, 5.41) is 18.6. The van der Waals surface area contributed by atoms with E-state index in [1.807, 2.05) is 23.1 Å². The van der Waals surface area contributed by atoms with E-state index in [9.17, 15) is 9.90 Å². The molecule has 1 saturated heterocycles. The van der Waals surface area contributed by atoms with Crippen LogP contribution >= 0.6 is 0 Å². The fourth-order valence-corrected chi connectivity index (χ4v) is 2.78. The van der Waals surface area contributed by atoms with Crippen molar-refractivity contribution >= 4 is 11.9 Å². The standard InChI is InChI=1S/C17H20N4O3/c22-15(23)10-14-11-18-17(19-16(14)24)21-8-6-20(7-9-21)12-13-4-2-1-3-5-13/h1-5,11H,6-10,12H2,(H,22,23)(H,18,19,24). The van der Waals surface area contributed by atoms with Crippen LogP contribution in [0.3, 0.4) is 0 Å². The van der Waals surface area contributed by atoms with Crippen molar-refractivity contribution < 1.29 is 15.0 Å². The maximum atomic E-state index is 10.7. The lowest BCUT2D eigenvalue weighted by Gasteiger charge is -2.34. The molecule has 0 amide bonds. The zero-order chi connectivity index (χ0) is 16.9. The molecule has 126 valence electrons. The van der Waals surface area contributed by atoms with Crippen LogP contribution in [-0.4, -0.2) is 57.2 Å². The van der Waals surface area contributed by atoms with Crippen molar-refractivity contribution in [2.75, 3.05) is 31.1 Å². The summed E-state index contributed by atoms with van der Waals surface area (Å²) < 4.78 is 0.